The van der Waals surface area contributed by atoms with E-state index >= 15 is 0 Å². The molecule has 25 heavy (non-hydrogen) atoms. The lowest BCUT2D eigenvalue weighted by Gasteiger charge is -2.29. The maximum Gasteiger partial charge on any atom is 0.174 e. The van der Waals surface area contributed by atoms with Crippen LogP contribution in [0, 0.1) is 6.92 Å². The van der Waals surface area contributed by atoms with E-state index in [0.717, 1.165) is 48.5 Å². The van der Waals surface area contributed by atoms with E-state index in [9.17, 15) is 0 Å². The van der Waals surface area contributed by atoms with Crippen LogP contribution < -0.4 is 0 Å². The second-order valence-corrected chi connectivity index (χ2v) is 6.51. The second-order valence-electron chi connectivity index (χ2n) is 6.51. The third-order valence-corrected chi connectivity index (χ3v) is 4.99. The third kappa shape index (κ3) is 3.19. The molecule has 2 aliphatic rings. The van der Waals surface area contributed by atoms with E-state index in [1.807, 2.05) is 19.2 Å². The van der Waals surface area contributed by atoms with E-state index < -0.39 is 0 Å². The first-order valence-electron chi connectivity index (χ1n) is 8.61. The molecule has 1 aliphatic carbocycles. The van der Waals surface area contributed by atoms with Gasteiger partial charge in [-0.25, -0.2) is 9.97 Å². The van der Waals surface area contributed by atoms with Gasteiger partial charge in [0.25, 0.3) is 0 Å². The van der Waals surface area contributed by atoms with Crippen molar-refractivity contribution in [2.45, 2.75) is 38.3 Å². The van der Waals surface area contributed by atoms with Crippen molar-refractivity contribution in [1.29, 1.82) is 0 Å². The number of nitrogens with zero attached hydrogens (tertiary/aromatic N) is 5. The minimum Gasteiger partial charge on any atom is -0.381 e. The number of hydrogen-bond donors (Lipinski definition) is 1. The summed E-state index contributed by atoms with van der Waals surface area (Å²) in [5.41, 5.74) is 3.72. The lowest BCUT2D eigenvalue weighted by molar-refractivity contribution is 0.103. The van der Waals surface area contributed by atoms with Gasteiger partial charge in [0.15, 0.2) is 5.82 Å². The number of aromatic amines is 1. The van der Waals surface area contributed by atoms with Gasteiger partial charge < -0.3 is 9.64 Å². The number of pyridine rings is 1. The minimum atomic E-state index is 0.380. The zero-order chi connectivity index (χ0) is 17.2. The summed E-state index contributed by atoms with van der Waals surface area (Å²) in [6.07, 6.45) is 9.39. The fraction of sp³-hybridized carbons (Fsp3) is 0.444. The Morgan fingerprint density at radius 3 is 2.92 bits per heavy atom. The maximum absolute atomic E-state index is 5.51. The first-order valence-corrected chi connectivity index (χ1v) is 8.61. The van der Waals surface area contributed by atoms with Crippen LogP contribution >= 0.6 is 0 Å². The highest BCUT2D eigenvalue weighted by Crippen LogP contribution is 2.30. The Morgan fingerprint density at radius 2 is 2.20 bits per heavy atom. The van der Waals surface area contributed by atoms with E-state index in [0.29, 0.717) is 18.0 Å². The molecule has 0 saturated heterocycles. The Bertz CT molecular complexity index is 798. The molecule has 0 bridgehead atoms. The fourth-order valence-corrected chi connectivity index (χ4v) is 3.60. The van der Waals surface area contributed by atoms with Crippen LogP contribution in [0.1, 0.15) is 30.5 Å². The Kier molecular flexibility index (Phi) is 4.31. The smallest absolute Gasteiger partial charge is 0.174 e. The largest absolute Gasteiger partial charge is 0.381 e. The van der Waals surface area contributed by atoms with Gasteiger partial charge in [-0.2, -0.15) is 5.10 Å². The molecule has 4 rings (SSSR count). The van der Waals surface area contributed by atoms with Crippen molar-refractivity contribution in [3.05, 3.63) is 35.9 Å². The van der Waals surface area contributed by atoms with Crippen molar-refractivity contribution in [1.82, 2.24) is 25.1 Å². The van der Waals surface area contributed by atoms with Crippen LogP contribution in [0.25, 0.3) is 17.2 Å². The molecule has 2 atom stereocenters. The predicted octanol–water partition coefficient (Wildman–Crippen LogP) is 2.43. The van der Waals surface area contributed by atoms with Gasteiger partial charge >= 0.3 is 0 Å². The molecule has 0 aromatic carbocycles. The third-order valence-electron chi connectivity index (χ3n) is 4.99. The van der Waals surface area contributed by atoms with Gasteiger partial charge in [-0.3, -0.25) is 10.1 Å². The van der Waals surface area contributed by atoms with Crippen molar-refractivity contribution < 1.29 is 4.74 Å². The molecule has 1 N–H and O–H groups in total. The van der Waals surface area contributed by atoms with Crippen molar-refractivity contribution in [2.75, 3.05) is 13.7 Å². The second kappa shape index (κ2) is 6.76. The van der Waals surface area contributed by atoms with Crippen LogP contribution in [-0.4, -0.2) is 57.1 Å². The number of hydrogen-bond acceptors (Lipinski definition) is 6. The van der Waals surface area contributed by atoms with Gasteiger partial charge in [-0.15, -0.1) is 0 Å². The van der Waals surface area contributed by atoms with Gasteiger partial charge in [0.05, 0.1) is 18.3 Å². The number of H-pyrrole nitrogens is 1. The molecule has 2 aromatic heterocycles. The SMILES string of the molecule is CO[C@@H]1CC[C@@H](N2C=C(c3ccc(-c4ncn[nH]4)nc3C)N=CC2)C1. The number of aryl methyl sites for hydroxylation is 1. The zero-order valence-electron chi connectivity index (χ0n) is 14.5. The Morgan fingerprint density at radius 1 is 1.28 bits per heavy atom. The van der Waals surface area contributed by atoms with Gasteiger partial charge in [0.1, 0.15) is 12.0 Å². The van der Waals surface area contributed by atoms with Crippen molar-refractivity contribution >= 4 is 11.9 Å². The lowest BCUT2D eigenvalue weighted by Crippen LogP contribution is -2.32. The lowest BCUT2D eigenvalue weighted by atomic mass is 10.1. The first-order chi connectivity index (χ1) is 12.2. The van der Waals surface area contributed by atoms with Crippen LogP contribution in [0.4, 0.5) is 0 Å². The maximum atomic E-state index is 5.51. The molecule has 2 aromatic rings. The molecule has 0 unspecified atom stereocenters. The summed E-state index contributed by atoms with van der Waals surface area (Å²) in [7, 11) is 1.80. The minimum absolute atomic E-state index is 0.380. The van der Waals surface area contributed by atoms with E-state index in [-0.39, 0.29) is 0 Å². The van der Waals surface area contributed by atoms with E-state index in [4.69, 9.17) is 4.74 Å². The molecule has 1 aliphatic heterocycles. The van der Waals surface area contributed by atoms with Gasteiger partial charge in [-0.1, -0.05) is 0 Å². The van der Waals surface area contributed by atoms with Crippen molar-refractivity contribution in [3.63, 3.8) is 0 Å². The molecule has 130 valence electrons. The number of rotatable bonds is 4. The van der Waals surface area contributed by atoms with Gasteiger partial charge in [0.2, 0.25) is 0 Å². The normalized spacial score (nSPS) is 23.1. The quantitative estimate of drug-likeness (QED) is 0.926. The summed E-state index contributed by atoms with van der Waals surface area (Å²) in [5, 5.41) is 6.73. The molecular weight excluding hydrogens is 316 g/mol. The Labute approximate surface area is 146 Å². The molecular formula is C18H22N6O. The molecule has 0 spiro atoms. The van der Waals surface area contributed by atoms with Crippen molar-refractivity contribution in [3.8, 4) is 11.5 Å². The summed E-state index contributed by atoms with van der Waals surface area (Å²) in [6.45, 7) is 2.86. The predicted molar refractivity (Wildman–Crippen MR) is 96.0 cm³/mol. The van der Waals surface area contributed by atoms with Gasteiger partial charge in [-0.05, 0) is 38.3 Å². The van der Waals surface area contributed by atoms with Crippen LogP contribution in [0.15, 0.2) is 29.7 Å². The summed E-state index contributed by atoms with van der Waals surface area (Å²) in [5.74, 6) is 0.675. The summed E-state index contributed by atoms with van der Waals surface area (Å²) in [4.78, 5) is 15.8. The Balaban J connectivity index is 1.57. The number of aliphatic imine (C=N–C) groups is 1. The van der Waals surface area contributed by atoms with Crippen LogP contribution in [-0.2, 0) is 4.74 Å². The van der Waals surface area contributed by atoms with E-state index in [1.165, 1.54) is 6.33 Å². The molecule has 0 radical (unpaired) electrons. The standard InChI is InChI=1S/C18H22N6O/c1-12-15(5-6-16(22-12)18-20-11-21-23-18)17-10-24(8-7-19-17)13-3-4-14(9-13)25-2/h5-7,10-11,13-14H,3-4,8-9H2,1-2H3,(H,20,21,23)/t13-,14-/m1/s1. The highest BCUT2D eigenvalue weighted by molar-refractivity contribution is 5.78. The summed E-state index contributed by atoms with van der Waals surface area (Å²) < 4.78 is 5.51. The van der Waals surface area contributed by atoms with E-state index in [1.54, 1.807) is 7.11 Å². The van der Waals surface area contributed by atoms with Crippen LogP contribution in [0.2, 0.25) is 0 Å². The fourth-order valence-electron chi connectivity index (χ4n) is 3.60. The van der Waals surface area contributed by atoms with Crippen LogP contribution in [0.5, 0.6) is 0 Å². The van der Waals surface area contributed by atoms with Gasteiger partial charge in [0, 0.05) is 36.8 Å². The topological polar surface area (TPSA) is 79.3 Å². The van der Waals surface area contributed by atoms with Crippen LogP contribution in [0.3, 0.4) is 0 Å². The summed E-state index contributed by atoms with van der Waals surface area (Å²) in [6, 6.07) is 4.53. The monoisotopic (exact) mass is 338 g/mol. The van der Waals surface area contributed by atoms with Crippen molar-refractivity contribution in [2.24, 2.45) is 4.99 Å². The zero-order valence-corrected chi connectivity index (χ0v) is 14.5. The molecule has 1 fully saturated rings. The molecule has 7 heteroatoms. The van der Waals surface area contributed by atoms with E-state index in [2.05, 4.69) is 42.3 Å². The average molecular weight is 338 g/mol. The summed E-state index contributed by atoms with van der Waals surface area (Å²) >= 11 is 0. The first kappa shape index (κ1) is 16.0. The number of ether oxygens (including phenoxy) is 1. The molecule has 7 nitrogen and oxygen atoms in total. The molecule has 1 saturated carbocycles. The number of aromatic nitrogens is 4. The number of methoxy groups -OCH3 is 1. The Hall–Kier alpha value is -2.54. The molecule has 3 heterocycles. The number of nitrogens with one attached hydrogen (secondary N) is 1. The highest BCUT2D eigenvalue weighted by atomic mass is 16.5. The molecule has 0 amide bonds. The average Bonchev–Trinajstić information content (AvgIpc) is 3.33. The highest BCUT2D eigenvalue weighted by Gasteiger charge is 2.28.